The zero-order valence-corrected chi connectivity index (χ0v) is 18.6. The third-order valence-corrected chi connectivity index (χ3v) is 6.05. The predicted octanol–water partition coefficient (Wildman–Crippen LogP) is 4.60. The Balaban J connectivity index is 1.59. The molecule has 0 spiro atoms. The van der Waals surface area contributed by atoms with Crippen molar-refractivity contribution >= 4 is 22.5 Å². The molecule has 166 valence electrons. The average Bonchev–Trinajstić information content (AvgIpc) is 2.86. The van der Waals surface area contributed by atoms with E-state index in [0.29, 0.717) is 35.9 Å². The number of rotatable bonds is 6. The van der Waals surface area contributed by atoms with Crippen LogP contribution in [-0.2, 0) is 0 Å². The van der Waals surface area contributed by atoms with Gasteiger partial charge in [-0.05, 0) is 35.7 Å². The van der Waals surface area contributed by atoms with E-state index in [4.69, 9.17) is 14.2 Å². The van der Waals surface area contributed by atoms with E-state index in [1.54, 1.807) is 17.0 Å². The molecule has 0 aromatic heterocycles. The standard InChI is InChI=1S/C26H27NO5/c1-30-22-14-19(15-23(31-2)25(22)32-3)26(29)27-13-7-10-18(16-27)24(28)21-12-6-9-17-8-4-5-11-20(17)21/h4-6,8-9,11-12,14-15,18H,7,10,13,16H2,1-3H3/t18-/m0/s1. The fourth-order valence-corrected chi connectivity index (χ4v) is 4.42. The monoisotopic (exact) mass is 433 g/mol. The number of amides is 1. The SMILES string of the molecule is COc1cc(C(=O)N2CCC[C@H](C(=O)c3cccc4ccccc34)C2)cc(OC)c1OC. The van der Waals surface area contributed by atoms with Crippen molar-refractivity contribution in [2.24, 2.45) is 5.92 Å². The van der Waals surface area contributed by atoms with E-state index in [9.17, 15) is 9.59 Å². The number of hydrogen-bond donors (Lipinski definition) is 0. The molecule has 4 rings (SSSR count). The lowest BCUT2D eigenvalue weighted by atomic mass is 9.87. The number of benzene rings is 3. The van der Waals surface area contributed by atoms with E-state index in [1.165, 1.54) is 21.3 Å². The van der Waals surface area contributed by atoms with E-state index in [2.05, 4.69) is 0 Å². The summed E-state index contributed by atoms with van der Waals surface area (Å²) < 4.78 is 16.1. The molecule has 0 aliphatic carbocycles. The quantitative estimate of drug-likeness (QED) is 0.532. The van der Waals surface area contributed by atoms with Gasteiger partial charge in [-0.2, -0.15) is 0 Å². The second-order valence-corrected chi connectivity index (χ2v) is 7.90. The summed E-state index contributed by atoms with van der Waals surface area (Å²) in [5.74, 6) is 0.991. The molecule has 32 heavy (non-hydrogen) atoms. The zero-order valence-electron chi connectivity index (χ0n) is 18.6. The van der Waals surface area contributed by atoms with Crippen LogP contribution in [0.2, 0.25) is 0 Å². The Morgan fingerprint density at radius 2 is 1.59 bits per heavy atom. The van der Waals surface area contributed by atoms with Crippen molar-refractivity contribution in [2.45, 2.75) is 12.8 Å². The van der Waals surface area contributed by atoms with Crippen molar-refractivity contribution in [1.29, 1.82) is 0 Å². The maximum Gasteiger partial charge on any atom is 0.254 e. The predicted molar refractivity (Wildman–Crippen MR) is 123 cm³/mol. The number of ether oxygens (including phenoxy) is 3. The Morgan fingerprint density at radius 1 is 0.906 bits per heavy atom. The maximum atomic E-state index is 13.4. The molecule has 6 nitrogen and oxygen atoms in total. The van der Waals surface area contributed by atoms with Gasteiger partial charge in [0.2, 0.25) is 5.75 Å². The van der Waals surface area contributed by atoms with Crippen LogP contribution in [0.5, 0.6) is 17.2 Å². The van der Waals surface area contributed by atoms with Crippen LogP contribution in [-0.4, -0.2) is 51.0 Å². The molecule has 1 atom stereocenters. The fourth-order valence-electron chi connectivity index (χ4n) is 4.42. The minimum atomic E-state index is -0.236. The molecule has 1 aliphatic rings. The highest BCUT2D eigenvalue weighted by Gasteiger charge is 2.31. The summed E-state index contributed by atoms with van der Waals surface area (Å²) in [6.07, 6.45) is 1.54. The number of Topliss-reactive ketones (excluding diaryl/α,β-unsaturated/α-hetero) is 1. The fraction of sp³-hybridized carbons (Fsp3) is 0.308. The Morgan fingerprint density at radius 3 is 2.28 bits per heavy atom. The van der Waals surface area contributed by atoms with Crippen LogP contribution in [0.3, 0.4) is 0 Å². The molecular formula is C26H27NO5. The number of likely N-dealkylation sites (tertiary alicyclic amines) is 1. The summed E-state index contributed by atoms with van der Waals surface area (Å²) in [6, 6.07) is 17.0. The van der Waals surface area contributed by atoms with E-state index in [1.807, 2.05) is 42.5 Å². The lowest BCUT2D eigenvalue weighted by Gasteiger charge is -2.32. The van der Waals surface area contributed by atoms with Gasteiger partial charge in [-0.15, -0.1) is 0 Å². The van der Waals surface area contributed by atoms with E-state index in [-0.39, 0.29) is 17.6 Å². The summed E-state index contributed by atoms with van der Waals surface area (Å²) in [6.45, 7) is 0.992. The molecule has 3 aromatic rings. The molecule has 1 saturated heterocycles. The first-order valence-electron chi connectivity index (χ1n) is 10.7. The van der Waals surface area contributed by atoms with Gasteiger partial charge in [-0.3, -0.25) is 9.59 Å². The zero-order chi connectivity index (χ0) is 22.7. The van der Waals surface area contributed by atoms with Crippen molar-refractivity contribution in [3.8, 4) is 17.2 Å². The summed E-state index contributed by atoms with van der Waals surface area (Å²) in [5, 5.41) is 1.99. The molecule has 0 bridgehead atoms. The topological polar surface area (TPSA) is 65.1 Å². The highest BCUT2D eigenvalue weighted by molar-refractivity contribution is 6.09. The van der Waals surface area contributed by atoms with Crippen LogP contribution in [0, 0.1) is 5.92 Å². The number of methoxy groups -OCH3 is 3. The molecule has 0 N–H and O–H groups in total. The molecular weight excluding hydrogens is 406 g/mol. The van der Waals surface area contributed by atoms with Crippen LogP contribution < -0.4 is 14.2 Å². The van der Waals surface area contributed by atoms with Gasteiger partial charge in [-0.1, -0.05) is 42.5 Å². The highest BCUT2D eigenvalue weighted by atomic mass is 16.5. The first kappa shape index (κ1) is 21.7. The largest absolute Gasteiger partial charge is 0.493 e. The third kappa shape index (κ3) is 4.00. The minimum absolute atomic E-state index is 0.0872. The van der Waals surface area contributed by atoms with Crippen LogP contribution in [0.4, 0.5) is 0 Å². The van der Waals surface area contributed by atoms with Crippen molar-refractivity contribution < 1.29 is 23.8 Å². The van der Waals surface area contributed by atoms with E-state index < -0.39 is 0 Å². The molecule has 0 saturated carbocycles. The van der Waals surface area contributed by atoms with E-state index >= 15 is 0 Å². The Labute approximate surface area is 187 Å². The number of piperidine rings is 1. The number of fused-ring (bicyclic) bond motifs is 1. The third-order valence-electron chi connectivity index (χ3n) is 6.05. The van der Waals surface area contributed by atoms with Gasteiger partial charge in [0.1, 0.15) is 0 Å². The second-order valence-electron chi connectivity index (χ2n) is 7.90. The Kier molecular flexibility index (Phi) is 6.30. The lowest BCUT2D eigenvalue weighted by Crippen LogP contribution is -2.42. The Bertz CT molecular complexity index is 1130. The number of nitrogens with zero attached hydrogens (tertiary/aromatic N) is 1. The van der Waals surface area contributed by atoms with Gasteiger partial charge in [0.15, 0.2) is 17.3 Å². The molecule has 1 heterocycles. The van der Waals surface area contributed by atoms with Crippen LogP contribution in [0.1, 0.15) is 33.6 Å². The molecule has 1 fully saturated rings. The molecule has 3 aromatic carbocycles. The molecule has 0 unspecified atom stereocenters. The lowest BCUT2D eigenvalue weighted by molar-refractivity contribution is 0.0636. The number of hydrogen-bond acceptors (Lipinski definition) is 5. The van der Waals surface area contributed by atoms with Gasteiger partial charge in [0.25, 0.3) is 5.91 Å². The minimum Gasteiger partial charge on any atom is -0.493 e. The van der Waals surface area contributed by atoms with Crippen molar-refractivity contribution in [3.63, 3.8) is 0 Å². The highest BCUT2D eigenvalue weighted by Crippen LogP contribution is 2.38. The van der Waals surface area contributed by atoms with Crippen molar-refractivity contribution in [2.75, 3.05) is 34.4 Å². The summed E-state index contributed by atoms with van der Waals surface area (Å²) >= 11 is 0. The molecule has 0 radical (unpaired) electrons. The van der Waals surface area contributed by atoms with E-state index in [0.717, 1.165) is 29.2 Å². The molecule has 1 aliphatic heterocycles. The van der Waals surface area contributed by atoms with Crippen molar-refractivity contribution in [3.05, 3.63) is 65.7 Å². The smallest absolute Gasteiger partial charge is 0.254 e. The first-order valence-corrected chi connectivity index (χ1v) is 10.7. The van der Waals surface area contributed by atoms with Crippen LogP contribution in [0.15, 0.2) is 54.6 Å². The van der Waals surface area contributed by atoms with Gasteiger partial charge in [0, 0.05) is 30.1 Å². The summed E-state index contributed by atoms with van der Waals surface area (Å²) in [5.41, 5.74) is 1.16. The summed E-state index contributed by atoms with van der Waals surface area (Å²) in [7, 11) is 4.56. The van der Waals surface area contributed by atoms with Gasteiger partial charge in [0.05, 0.1) is 21.3 Å². The first-order chi connectivity index (χ1) is 15.6. The number of carbonyl (C=O) groups is 2. The van der Waals surface area contributed by atoms with Gasteiger partial charge >= 0.3 is 0 Å². The maximum absolute atomic E-state index is 13.4. The van der Waals surface area contributed by atoms with Crippen LogP contribution in [0.25, 0.3) is 10.8 Å². The molecule has 1 amide bonds. The Hall–Kier alpha value is -3.54. The van der Waals surface area contributed by atoms with Crippen LogP contribution >= 0.6 is 0 Å². The number of carbonyl (C=O) groups excluding carboxylic acids is 2. The van der Waals surface area contributed by atoms with Crippen molar-refractivity contribution in [1.82, 2.24) is 4.90 Å². The summed E-state index contributed by atoms with van der Waals surface area (Å²) in [4.78, 5) is 28.5. The number of ketones is 1. The van der Waals surface area contributed by atoms with Gasteiger partial charge < -0.3 is 19.1 Å². The second kappa shape index (κ2) is 9.30. The average molecular weight is 434 g/mol. The normalized spacial score (nSPS) is 16.0. The van der Waals surface area contributed by atoms with Gasteiger partial charge in [-0.25, -0.2) is 0 Å². The molecule has 6 heteroatoms.